The molecule has 4 rings (SSSR count). The van der Waals surface area contributed by atoms with E-state index in [9.17, 15) is 4.79 Å². The van der Waals surface area contributed by atoms with Crippen LogP contribution in [0.25, 0.3) is 0 Å². The number of hydrogen-bond acceptors (Lipinski definition) is 3. The maximum atomic E-state index is 12.7. The number of ether oxygens (including phenoxy) is 1. The molecule has 0 aromatic heterocycles. The smallest absolute Gasteiger partial charge is 0.328 e. The Kier molecular flexibility index (Phi) is 4.32. The van der Waals surface area contributed by atoms with Crippen molar-refractivity contribution < 1.29 is 9.53 Å². The number of esters is 1. The molecular weight excluding hydrogens is 310 g/mol. The Morgan fingerprint density at radius 3 is 1.68 bits per heavy atom. The third-order valence-corrected chi connectivity index (χ3v) is 4.55. The summed E-state index contributed by atoms with van der Waals surface area (Å²) in [5.74, 6) is -0.243. The average Bonchev–Trinajstić information content (AvgIpc) is 2.70. The highest BCUT2D eigenvalue weighted by Gasteiger charge is 2.39. The first-order valence-electron chi connectivity index (χ1n) is 8.44. The van der Waals surface area contributed by atoms with Gasteiger partial charge in [-0.05, 0) is 16.7 Å². The van der Waals surface area contributed by atoms with Crippen LogP contribution in [0.5, 0.6) is 0 Å². The summed E-state index contributed by atoms with van der Waals surface area (Å²) in [6.07, 6.45) is -0.351. The molecule has 3 nitrogen and oxygen atoms in total. The third-order valence-electron chi connectivity index (χ3n) is 4.55. The van der Waals surface area contributed by atoms with Crippen LogP contribution in [0.1, 0.15) is 34.9 Å². The Morgan fingerprint density at radius 1 is 0.640 bits per heavy atom. The zero-order valence-electron chi connectivity index (χ0n) is 13.7. The van der Waals surface area contributed by atoms with E-state index in [1.807, 2.05) is 78.9 Å². The topological polar surface area (TPSA) is 38.3 Å². The van der Waals surface area contributed by atoms with Crippen LogP contribution in [0, 0.1) is 0 Å². The summed E-state index contributed by atoms with van der Waals surface area (Å²) >= 11 is 0. The second kappa shape index (κ2) is 6.91. The van der Waals surface area contributed by atoms with Crippen molar-refractivity contribution in [1.82, 2.24) is 5.32 Å². The lowest BCUT2D eigenvalue weighted by molar-refractivity contribution is -0.161. The van der Waals surface area contributed by atoms with E-state index in [0.29, 0.717) is 0 Å². The molecule has 0 amide bonds. The van der Waals surface area contributed by atoms with Crippen molar-refractivity contribution in [3.05, 3.63) is 108 Å². The summed E-state index contributed by atoms with van der Waals surface area (Å²) in [6, 6.07) is 29.2. The quantitative estimate of drug-likeness (QED) is 0.726. The van der Waals surface area contributed by atoms with Crippen molar-refractivity contribution >= 4 is 5.97 Å². The van der Waals surface area contributed by atoms with Crippen LogP contribution in [0.2, 0.25) is 0 Å². The van der Waals surface area contributed by atoms with Crippen molar-refractivity contribution in [3.8, 4) is 0 Å². The van der Waals surface area contributed by atoms with E-state index in [4.69, 9.17) is 4.74 Å². The van der Waals surface area contributed by atoms with Gasteiger partial charge in [0.1, 0.15) is 12.1 Å². The molecule has 3 atom stereocenters. The normalized spacial score (nSPS) is 23.0. The molecule has 3 aromatic rings. The van der Waals surface area contributed by atoms with Gasteiger partial charge in [-0.3, -0.25) is 5.32 Å². The van der Waals surface area contributed by atoms with Crippen molar-refractivity contribution in [3.63, 3.8) is 0 Å². The van der Waals surface area contributed by atoms with E-state index in [0.717, 1.165) is 16.7 Å². The van der Waals surface area contributed by atoms with E-state index < -0.39 is 6.04 Å². The van der Waals surface area contributed by atoms with Crippen LogP contribution >= 0.6 is 0 Å². The number of carbonyl (C=O) groups excluding carboxylic acids is 1. The second-order valence-corrected chi connectivity index (χ2v) is 6.17. The number of rotatable bonds is 3. The van der Waals surface area contributed by atoms with Gasteiger partial charge >= 0.3 is 5.97 Å². The fourth-order valence-corrected chi connectivity index (χ4v) is 3.31. The maximum Gasteiger partial charge on any atom is 0.328 e. The summed E-state index contributed by atoms with van der Waals surface area (Å²) in [5.41, 5.74) is 3.01. The zero-order valence-corrected chi connectivity index (χ0v) is 13.7. The van der Waals surface area contributed by atoms with Crippen LogP contribution in [0.3, 0.4) is 0 Å². The molecule has 0 saturated carbocycles. The fraction of sp³-hybridized carbons (Fsp3) is 0.136. The average molecular weight is 329 g/mol. The van der Waals surface area contributed by atoms with Crippen LogP contribution in [0.4, 0.5) is 0 Å². The molecule has 25 heavy (non-hydrogen) atoms. The van der Waals surface area contributed by atoms with Gasteiger partial charge in [0, 0.05) is 0 Å². The fourth-order valence-electron chi connectivity index (χ4n) is 3.31. The molecule has 1 fully saturated rings. The van der Waals surface area contributed by atoms with Crippen molar-refractivity contribution in [2.45, 2.75) is 18.2 Å². The number of hydrogen-bond donors (Lipinski definition) is 1. The zero-order chi connectivity index (χ0) is 17.1. The minimum atomic E-state index is -0.466. The van der Waals surface area contributed by atoms with Crippen molar-refractivity contribution in [2.75, 3.05) is 0 Å². The predicted octanol–water partition coefficient (Wildman–Crippen LogP) is 4.36. The minimum absolute atomic E-state index is 0.105. The predicted molar refractivity (Wildman–Crippen MR) is 96.8 cm³/mol. The number of cyclic esters (lactones) is 1. The van der Waals surface area contributed by atoms with Gasteiger partial charge in [0.25, 0.3) is 0 Å². The maximum absolute atomic E-state index is 12.7. The molecule has 1 heterocycles. The van der Waals surface area contributed by atoms with Gasteiger partial charge < -0.3 is 4.74 Å². The second-order valence-electron chi connectivity index (χ2n) is 6.17. The molecule has 0 unspecified atom stereocenters. The molecule has 0 aliphatic carbocycles. The van der Waals surface area contributed by atoms with Gasteiger partial charge in [0.15, 0.2) is 0 Å². The van der Waals surface area contributed by atoms with Gasteiger partial charge in [-0.1, -0.05) is 91.0 Å². The highest BCUT2D eigenvalue weighted by molar-refractivity contribution is 5.79. The number of carbonyl (C=O) groups is 1. The lowest BCUT2D eigenvalue weighted by atomic mass is 9.92. The molecule has 1 saturated heterocycles. The van der Waals surface area contributed by atoms with Crippen molar-refractivity contribution in [1.29, 1.82) is 0 Å². The first kappa shape index (κ1) is 15.6. The first-order chi connectivity index (χ1) is 12.3. The third kappa shape index (κ3) is 3.19. The van der Waals surface area contributed by atoms with Gasteiger partial charge in [0.2, 0.25) is 0 Å². The summed E-state index contributed by atoms with van der Waals surface area (Å²) in [4.78, 5) is 12.7. The van der Waals surface area contributed by atoms with Crippen molar-refractivity contribution in [2.24, 2.45) is 0 Å². The minimum Gasteiger partial charge on any atom is -0.454 e. The Hall–Kier alpha value is -2.91. The van der Waals surface area contributed by atoms with E-state index in [1.165, 1.54) is 0 Å². The Bertz CT molecular complexity index is 834. The SMILES string of the molecule is O=C1O[C@H](c2ccccc2)[C@H](c2ccccc2)N[C@@H]1c1ccccc1. The van der Waals surface area contributed by atoms with Crippen LogP contribution in [-0.4, -0.2) is 5.97 Å². The molecule has 0 spiro atoms. The van der Waals surface area contributed by atoms with Crippen LogP contribution < -0.4 is 5.32 Å². The van der Waals surface area contributed by atoms with E-state index in [2.05, 4.69) is 17.4 Å². The number of nitrogens with one attached hydrogen (secondary N) is 1. The highest BCUT2D eigenvalue weighted by Crippen LogP contribution is 2.39. The lowest BCUT2D eigenvalue weighted by Crippen LogP contribution is -2.43. The highest BCUT2D eigenvalue weighted by atomic mass is 16.5. The van der Waals surface area contributed by atoms with Gasteiger partial charge in [-0.25, -0.2) is 4.79 Å². The van der Waals surface area contributed by atoms with Gasteiger partial charge in [-0.2, -0.15) is 0 Å². The summed E-state index contributed by atoms with van der Waals surface area (Å²) in [7, 11) is 0. The molecule has 1 aliphatic rings. The number of benzene rings is 3. The molecule has 0 bridgehead atoms. The Balaban J connectivity index is 1.72. The largest absolute Gasteiger partial charge is 0.454 e. The summed E-state index contributed by atoms with van der Waals surface area (Å²) < 4.78 is 5.91. The summed E-state index contributed by atoms with van der Waals surface area (Å²) in [5, 5.41) is 3.51. The standard InChI is InChI=1S/C22H19NO2/c24-22-20(17-12-6-2-7-13-17)23-19(16-10-4-1-5-11-16)21(25-22)18-14-8-3-9-15-18/h1-15,19-21,23H/t19-,20+,21+/m0/s1. The molecule has 1 N–H and O–H groups in total. The molecule has 1 aliphatic heterocycles. The molecule has 0 radical (unpaired) electrons. The van der Waals surface area contributed by atoms with E-state index in [1.54, 1.807) is 0 Å². The number of morpholine rings is 1. The molecule has 3 heteroatoms. The van der Waals surface area contributed by atoms with Crippen LogP contribution in [0.15, 0.2) is 91.0 Å². The van der Waals surface area contributed by atoms with E-state index in [-0.39, 0.29) is 18.1 Å². The van der Waals surface area contributed by atoms with Gasteiger partial charge in [0.05, 0.1) is 6.04 Å². The van der Waals surface area contributed by atoms with Gasteiger partial charge in [-0.15, -0.1) is 0 Å². The Morgan fingerprint density at radius 2 is 1.12 bits per heavy atom. The van der Waals surface area contributed by atoms with Crippen LogP contribution in [-0.2, 0) is 9.53 Å². The molecule has 124 valence electrons. The molecular formula is C22H19NO2. The molecule has 3 aromatic carbocycles. The van der Waals surface area contributed by atoms with E-state index >= 15 is 0 Å². The first-order valence-corrected chi connectivity index (χ1v) is 8.44. The summed E-state index contributed by atoms with van der Waals surface area (Å²) in [6.45, 7) is 0. The Labute approximate surface area is 147 Å². The lowest BCUT2D eigenvalue weighted by Gasteiger charge is -2.37. The monoisotopic (exact) mass is 329 g/mol.